The molecule has 1 aromatic carbocycles. The Bertz CT molecular complexity index is 744. The van der Waals surface area contributed by atoms with Gasteiger partial charge in [-0.1, -0.05) is 11.6 Å². The van der Waals surface area contributed by atoms with Crippen molar-refractivity contribution in [3.05, 3.63) is 42.0 Å². The van der Waals surface area contributed by atoms with Crippen LogP contribution in [0.5, 0.6) is 0 Å². The molecule has 0 unspecified atom stereocenters. The van der Waals surface area contributed by atoms with Gasteiger partial charge in [0.15, 0.2) is 0 Å². The summed E-state index contributed by atoms with van der Waals surface area (Å²) in [6, 6.07) is 5.85. The first-order chi connectivity index (χ1) is 11.6. The first-order valence-electron chi connectivity index (χ1n) is 8.54. The molecule has 24 heavy (non-hydrogen) atoms. The summed E-state index contributed by atoms with van der Waals surface area (Å²) in [6.45, 7) is 3.41. The standard InChI is InChI=1S/C18H22N4O2/c1-13-2-3-16(22-11-19-20-12-22)15(10-13)17(23)21-8-4-14(5-9-21)18(24)6-7-18/h2-3,10-12,14,24H,4-9H2,1H3. The van der Waals surface area contributed by atoms with E-state index in [0.717, 1.165) is 36.9 Å². The van der Waals surface area contributed by atoms with Crippen LogP contribution in [0.25, 0.3) is 5.69 Å². The smallest absolute Gasteiger partial charge is 0.255 e. The highest BCUT2D eigenvalue weighted by atomic mass is 16.3. The third-order valence-corrected chi connectivity index (χ3v) is 5.38. The summed E-state index contributed by atoms with van der Waals surface area (Å²) in [5.74, 6) is 0.389. The summed E-state index contributed by atoms with van der Waals surface area (Å²) in [7, 11) is 0. The predicted octanol–water partition coefficient (Wildman–Crippen LogP) is 1.95. The molecule has 2 aromatic rings. The average Bonchev–Trinajstić information content (AvgIpc) is 3.12. The molecule has 6 nitrogen and oxygen atoms in total. The Morgan fingerprint density at radius 3 is 2.50 bits per heavy atom. The second-order valence-corrected chi connectivity index (χ2v) is 7.06. The normalized spacial score (nSPS) is 20.2. The topological polar surface area (TPSA) is 71.2 Å². The zero-order valence-electron chi connectivity index (χ0n) is 13.9. The fourth-order valence-corrected chi connectivity index (χ4v) is 3.70. The summed E-state index contributed by atoms with van der Waals surface area (Å²) in [6.07, 6.45) is 6.82. The molecule has 1 aromatic heterocycles. The molecule has 1 saturated carbocycles. The van der Waals surface area contributed by atoms with Gasteiger partial charge in [-0.25, -0.2) is 0 Å². The van der Waals surface area contributed by atoms with E-state index < -0.39 is 5.60 Å². The third-order valence-electron chi connectivity index (χ3n) is 5.38. The minimum Gasteiger partial charge on any atom is -0.390 e. The van der Waals surface area contributed by atoms with Gasteiger partial charge in [-0.05, 0) is 50.7 Å². The fraction of sp³-hybridized carbons (Fsp3) is 0.500. The van der Waals surface area contributed by atoms with Gasteiger partial charge in [-0.15, -0.1) is 10.2 Å². The highest BCUT2D eigenvalue weighted by Crippen LogP contribution is 2.46. The molecule has 0 bridgehead atoms. The summed E-state index contributed by atoms with van der Waals surface area (Å²) in [5.41, 5.74) is 2.10. The molecule has 2 fully saturated rings. The molecule has 2 heterocycles. The molecule has 0 radical (unpaired) electrons. The van der Waals surface area contributed by atoms with Crippen LogP contribution in [0, 0.1) is 12.8 Å². The van der Waals surface area contributed by atoms with E-state index in [1.807, 2.05) is 30.0 Å². The van der Waals surface area contributed by atoms with Crippen LogP contribution >= 0.6 is 0 Å². The van der Waals surface area contributed by atoms with Crippen molar-refractivity contribution in [3.63, 3.8) is 0 Å². The molecule has 1 aliphatic carbocycles. The Hall–Kier alpha value is -2.21. The van der Waals surface area contributed by atoms with Gasteiger partial charge in [-0.3, -0.25) is 9.36 Å². The van der Waals surface area contributed by atoms with Crippen LogP contribution in [0.4, 0.5) is 0 Å². The zero-order chi connectivity index (χ0) is 16.7. The second kappa shape index (κ2) is 5.70. The first-order valence-corrected chi connectivity index (χ1v) is 8.54. The average molecular weight is 326 g/mol. The van der Waals surface area contributed by atoms with Crippen LogP contribution in [-0.2, 0) is 0 Å². The van der Waals surface area contributed by atoms with Gasteiger partial charge < -0.3 is 10.0 Å². The van der Waals surface area contributed by atoms with Gasteiger partial charge in [0.05, 0.1) is 16.9 Å². The number of hydrogen-bond acceptors (Lipinski definition) is 4. The maximum Gasteiger partial charge on any atom is 0.255 e. The molecule has 0 atom stereocenters. The number of carbonyl (C=O) groups excluding carboxylic acids is 1. The quantitative estimate of drug-likeness (QED) is 0.936. The Kier molecular flexibility index (Phi) is 3.64. The van der Waals surface area contributed by atoms with Crippen molar-refractivity contribution in [2.45, 2.75) is 38.2 Å². The molecule has 2 aliphatic rings. The SMILES string of the molecule is Cc1ccc(-n2cnnc2)c(C(=O)N2CCC(C3(O)CC3)CC2)c1. The van der Waals surface area contributed by atoms with Crippen LogP contribution in [0.3, 0.4) is 0 Å². The summed E-state index contributed by atoms with van der Waals surface area (Å²) in [4.78, 5) is 15.0. The summed E-state index contributed by atoms with van der Waals surface area (Å²) >= 11 is 0. The maximum absolute atomic E-state index is 13.0. The van der Waals surface area contributed by atoms with Crippen molar-refractivity contribution in [2.24, 2.45) is 5.92 Å². The van der Waals surface area contributed by atoms with Crippen molar-refractivity contribution in [1.29, 1.82) is 0 Å². The molecular weight excluding hydrogens is 304 g/mol. The maximum atomic E-state index is 13.0. The molecule has 126 valence electrons. The Balaban J connectivity index is 1.55. The number of piperidine rings is 1. The lowest BCUT2D eigenvalue weighted by Gasteiger charge is -2.34. The number of benzene rings is 1. The molecule has 0 spiro atoms. The van der Waals surface area contributed by atoms with Crippen molar-refractivity contribution >= 4 is 5.91 Å². The highest BCUT2D eigenvalue weighted by Gasteiger charge is 2.48. The van der Waals surface area contributed by atoms with Crippen molar-refractivity contribution in [1.82, 2.24) is 19.7 Å². The van der Waals surface area contributed by atoms with Gasteiger partial charge in [0, 0.05) is 13.1 Å². The number of carbonyl (C=O) groups is 1. The van der Waals surface area contributed by atoms with E-state index in [-0.39, 0.29) is 5.91 Å². The lowest BCUT2D eigenvalue weighted by molar-refractivity contribution is 0.0340. The number of aliphatic hydroxyl groups is 1. The van der Waals surface area contributed by atoms with E-state index >= 15 is 0 Å². The Labute approximate surface area is 141 Å². The molecule has 6 heteroatoms. The number of rotatable bonds is 3. The molecule has 1 amide bonds. The lowest BCUT2D eigenvalue weighted by Crippen LogP contribution is -2.42. The minimum atomic E-state index is -0.438. The number of aromatic nitrogens is 3. The zero-order valence-corrected chi connectivity index (χ0v) is 13.9. The largest absolute Gasteiger partial charge is 0.390 e. The number of hydrogen-bond donors (Lipinski definition) is 1. The molecule has 4 rings (SSSR count). The molecular formula is C18H22N4O2. The highest BCUT2D eigenvalue weighted by molar-refractivity contribution is 5.98. The number of nitrogens with zero attached hydrogens (tertiary/aromatic N) is 4. The van der Waals surface area contributed by atoms with Crippen LogP contribution in [0.15, 0.2) is 30.9 Å². The monoisotopic (exact) mass is 326 g/mol. The molecule has 1 N–H and O–H groups in total. The van der Waals surface area contributed by atoms with Gasteiger partial charge in [-0.2, -0.15) is 0 Å². The molecule has 1 saturated heterocycles. The van der Waals surface area contributed by atoms with E-state index in [9.17, 15) is 9.90 Å². The van der Waals surface area contributed by atoms with Crippen LogP contribution < -0.4 is 0 Å². The number of likely N-dealkylation sites (tertiary alicyclic amines) is 1. The molecule has 1 aliphatic heterocycles. The van der Waals surface area contributed by atoms with Crippen molar-refractivity contribution in [3.8, 4) is 5.69 Å². The van der Waals surface area contributed by atoms with Crippen molar-refractivity contribution < 1.29 is 9.90 Å². The fourth-order valence-electron chi connectivity index (χ4n) is 3.70. The van der Waals surface area contributed by atoms with Crippen LogP contribution in [-0.4, -0.2) is 49.4 Å². The van der Waals surface area contributed by atoms with E-state index in [1.165, 1.54) is 0 Å². The Morgan fingerprint density at radius 1 is 1.21 bits per heavy atom. The van der Waals surface area contributed by atoms with Crippen LogP contribution in [0.2, 0.25) is 0 Å². The van der Waals surface area contributed by atoms with E-state index in [1.54, 1.807) is 17.2 Å². The first kappa shape index (κ1) is 15.3. The number of amides is 1. The minimum absolute atomic E-state index is 0.0450. The lowest BCUT2D eigenvalue weighted by atomic mass is 9.89. The van der Waals surface area contributed by atoms with Gasteiger partial charge in [0.2, 0.25) is 0 Å². The number of aryl methyl sites for hydroxylation is 1. The summed E-state index contributed by atoms with van der Waals surface area (Å²) < 4.78 is 1.77. The summed E-state index contributed by atoms with van der Waals surface area (Å²) in [5, 5.41) is 18.0. The van der Waals surface area contributed by atoms with Crippen LogP contribution in [0.1, 0.15) is 41.6 Å². The third kappa shape index (κ3) is 2.71. The van der Waals surface area contributed by atoms with E-state index in [4.69, 9.17) is 0 Å². The van der Waals surface area contributed by atoms with Crippen molar-refractivity contribution in [2.75, 3.05) is 13.1 Å². The van der Waals surface area contributed by atoms with Gasteiger partial charge in [0.1, 0.15) is 12.7 Å². The van der Waals surface area contributed by atoms with E-state index in [0.29, 0.717) is 24.6 Å². The predicted molar refractivity (Wildman–Crippen MR) is 88.9 cm³/mol. The second-order valence-electron chi connectivity index (χ2n) is 7.06. The van der Waals surface area contributed by atoms with Gasteiger partial charge >= 0.3 is 0 Å². The Morgan fingerprint density at radius 2 is 1.88 bits per heavy atom. The van der Waals surface area contributed by atoms with Gasteiger partial charge in [0.25, 0.3) is 5.91 Å². The van der Waals surface area contributed by atoms with E-state index in [2.05, 4.69) is 10.2 Å².